The fraction of sp³-hybridized carbons (Fsp3) is 0.207. The summed E-state index contributed by atoms with van der Waals surface area (Å²) in [7, 11) is 0. The van der Waals surface area contributed by atoms with E-state index in [4.69, 9.17) is 12.2 Å². The van der Waals surface area contributed by atoms with Crippen LogP contribution in [0.5, 0.6) is 0 Å². The molecule has 0 aliphatic carbocycles. The molecule has 0 unspecified atom stereocenters. The molecule has 6 nitrogen and oxygen atoms in total. The summed E-state index contributed by atoms with van der Waals surface area (Å²) in [4.78, 5) is 29.1. The lowest BCUT2D eigenvalue weighted by molar-refractivity contribution is -0.115. The predicted molar refractivity (Wildman–Crippen MR) is 150 cm³/mol. The molecule has 1 saturated heterocycles. The Balaban J connectivity index is 1.24. The molecule has 7 heteroatoms. The summed E-state index contributed by atoms with van der Waals surface area (Å²) in [5, 5.41) is 5.94. The third kappa shape index (κ3) is 6.79. The molecule has 0 bridgehead atoms. The Morgan fingerprint density at radius 2 is 1.56 bits per heavy atom. The maximum atomic E-state index is 12.8. The summed E-state index contributed by atoms with van der Waals surface area (Å²) >= 11 is 5.27. The highest BCUT2D eigenvalue weighted by Gasteiger charge is 2.22. The molecule has 0 radical (unpaired) electrons. The molecule has 184 valence electrons. The van der Waals surface area contributed by atoms with Crippen LogP contribution < -0.4 is 15.5 Å². The van der Waals surface area contributed by atoms with Crippen LogP contribution in [0.25, 0.3) is 6.08 Å². The number of hydrogen-bond acceptors (Lipinski definition) is 4. The highest BCUT2D eigenvalue weighted by molar-refractivity contribution is 7.80. The third-order valence-electron chi connectivity index (χ3n) is 6.13. The van der Waals surface area contributed by atoms with Crippen molar-refractivity contribution in [3.8, 4) is 0 Å². The summed E-state index contributed by atoms with van der Waals surface area (Å²) < 4.78 is 0. The van der Waals surface area contributed by atoms with E-state index >= 15 is 0 Å². The highest BCUT2D eigenvalue weighted by Crippen LogP contribution is 2.20. The van der Waals surface area contributed by atoms with Crippen molar-refractivity contribution < 1.29 is 9.59 Å². The molecule has 1 heterocycles. The van der Waals surface area contributed by atoms with Crippen LogP contribution in [-0.2, 0) is 11.2 Å². The number of benzene rings is 3. The van der Waals surface area contributed by atoms with Crippen molar-refractivity contribution in [2.75, 3.05) is 36.4 Å². The standard InChI is InChI=1S/C29H30N4O2S/c1-2-22-8-11-24(12-9-22)28(35)33-20-18-32(19-21-33)26-15-13-25(14-16-26)30-29(36)31-27(34)17-10-23-6-4-3-5-7-23/h3-17H,2,18-21H2,1H3,(H2,30,31,34,36)/b17-10-. The topological polar surface area (TPSA) is 64.7 Å². The van der Waals surface area contributed by atoms with Gasteiger partial charge in [-0.2, -0.15) is 0 Å². The maximum absolute atomic E-state index is 12.8. The molecule has 2 N–H and O–H groups in total. The molecule has 36 heavy (non-hydrogen) atoms. The predicted octanol–water partition coefficient (Wildman–Crippen LogP) is 4.74. The molecule has 3 aromatic carbocycles. The van der Waals surface area contributed by atoms with Gasteiger partial charge < -0.3 is 15.1 Å². The van der Waals surface area contributed by atoms with E-state index in [1.807, 2.05) is 83.8 Å². The van der Waals surface area contributed by atoms with Crippen LogP contribution in [0.4, 0.5) is 11.4 Å². The molecule has 0 aromatic heterocycles. The summed E-state index contributed by atoms with van der Waals surface area (Å²) in [6, 6.07) is 25.4. The van der Waals surface area contributed by atoms with Gasteiger partial charge in [-0.15, -0.1) is 0 Å². The molecule has 4 rings (SSSR count). The zero-order valence-corrected chi connectivity index (χ0v) is 21.1. The molecule has 0 spiro atoms. The van der Waals surface area contributed by atoms with Crippen LogP contribution in [0.3, 0.4) is 0 Å². The number of nitrogens with zero attached hydrogens (tertiary/aromatic N) is 2. The minimum atomic E-state index is -0.290. The van der Waals surface area contributed by atoms with Gasteiger partial charge in [0.15, 0.2) is 5.11 Å². The van der Waals surface area contributed by atoms with E-state index in [0.717, 1.165) is 42.0 Å². The van der Waals surface area contributed by atoms with E-state index < -0.39 is 0 Å². The van der Waals surface area contributed by atoms with Crippen LogP contribution in [0.2, 0.25) is 0 Å². The lowest BCUT2D eigenvalue weighted by Gasteiger charge is -2.36. The molecule has 1 fully saturated rings. The first-order valence-electron chi connectivity index (χ1n) is 12.1. The number of piperazine rings is 1. The van der Waals surface area contributed by atoms with E-state index in [-0.39, 0.29) is 16.9 Å². The van der Waals surface area contributed by atoms with Gasteiger partial charge in [0, 0.05) is 49.2 Å². The average Bonchev–Trinajstić information content (AvgIpc) is 2.92. The van der Waals surface area contributed by atoms with Crippen LogP contribution in [0, 0.1) is 0 Å². The van der Waals surface area contributed by atoms with E-state index in [1.54, 1.807) is 6.08 Å². The van der Waals surface area contributed by atoms with E-state index in [9.17, 15) is 9.59 Å². The van der Waals surface area contributed by atoms with Crippen LogP contribution in [0.1, 0.15) is 28.4 Å². The summed E-state index contributed by atoms with van der Waals surface area (Å²) in [6.45, 7) is 5.01. The van der Waals surface area contributed by atoms with Gasteiger partial charge in [-0.3, -0.25) is 14.9 Å². The molecule has 0 atom stereocenters. The number of anilines is 2. The Hall–Kier alpha value is -3.97. The van der Waals surface area contributed by atoms with Crippen molar-refractivity contribution in [2.24, 2.45) is 0 Å². The second-order valence-corrected chi connectivity index (χ2v) is 8.97. The van der Waals surface area contributed by atoms with Gasteiger partial charge in [0.2, 0.25) is 5.91 Å². The van der Waals surface area contributed by atoms with Crippen LogP contribution >= 0.6 is 12.2 Å². The molecule has 1 aliphatic heterocycles. The summed E-state index contributed by atoms with van der Waals surface area (Å²) in [5.74, 6) is -0.201. The van der Waals surface area contributed by atoms with Gasteiger partial charge in [0.1, 0.15) is 0 Å². The first kappa shape index (κ1) is 25.1. The average molecular weight is 499 g/mol. The Kier molecular flexibility index (Phi) is 8.47. The van der Waals surface area contributed by atoms with Crippen molar-refractivity contribution in [3.63, 3.8) is 0 Å². The quantitative estimate of drug-likeness (QED) is 0.380. The molecular weight excluding hydrogens is 468 g/mol. The largest absolute Gasteiger partial charge is 0.368 e. The molecule has 2 amide bonds. The van der Waals surface area contributed by atoms with Gasteiger partial charge in [-0.05, 0) is 72.2 Å². The van der Waals surface area contributed by atoms with Gasteiger partial charge in [-0.25, -0.2) is 0 Å². The number of carbonyl (C=O) groups excluding carboxylic acids is 2. The van der Waals surface area contributed by atoms with Crippen LogP contribution in [-0.4, -0.2) is 48.0 Å². The van der Waals surface area contributed by atoms with E-state index in [0.29, 0.717) is 13.1 Å². The smallest absolute Gasteiger partial charge is 0.253 e. The molecule has 0 saturated carbocycles. The third-order valence-corrected chi connectivity index (χ3v) is 6.33. The van der Waals surface area contributed by atoms with Crippen molar-refractivity contribution in [3.05, 3.63) is 102 Å². The minimum Gasteiger partial charge on any atom is -0.368 e. The fourth-order valence-corrected chi connectivity index (χ4v) is 4.26. The summed E-state index contributed by atoms with van der Waals surface area (Å²) in [6.07, 6.45) is 4.16. The fourth-order valence-electron chi connectivity index (χ4n) is 4.04. The zero-order chi connectivity index (χ0) is 25.3. The second-order valence-electron chi connectivity index (χ2n) is 8.56. The van der Waals surface area contributed by atoms with E-state index in [2.05, 4.69) is 22.5 Å². The zero-order valence-electron chi connectivity index (χ0n) is 20.3. The molecule has 1 aliphatic rings. The van der Waals surface area contributed by atoms with Gasteiger partial charge in [-0.1, -0.05) is 49.4 Å². The Morgan fingerprint density at radius 3 is 2.19 bits per heavy atom. The first-order valence-corrected chi connectivity index (χ1v) is 12.5. The van der Waals surface area contributed by atoms with Crippen molar-refractivity contribution in [1.29, 1.82) is 0 Å². The molecule has 3 aromatic rings. The van der Waals surface area contributed by atoms with Gasteiger partial charge >= 0.3 is 0 Å². The van der Waals surface area contributed by atoms with Gasteiger partial charge in [0.25, 0.3) is 5.91 Å². The number of thiocarbonyl (C=S) groups is 1. The van der Waals surface area contributed by atoms with E-state index in [1.165, 1.54) is 11.6 Å². The second kappa shape index (κ2) is 12.1. The number of rotatable bonds is 6. The van der Waals surface area contributed by atoms with Crippen LogP contribution in [0.15, 0.2) is 84.9 Å². The SMILES string of the molecule is CCc1ccc(C(=O)N2CCN(c3ccc(NC(=S)NC(=O)/C=C\c4ccccc4)cc3)CC2)cc1. The number of hydrogen-bond donors (Lipinski definition) is 2. The van der Waals surface area contributed by atoms with Gasteiger partial charge in [0.05, 0.1) is 0 Å². The highest BCUT2D eigenvalue weighted by atomic mass is 32.1. The lowest BCUT2D eigenvalue weighted by Crippen LogP contribution is -2.48. The number of amides is 2. The monoisotopic (exact) mass is 498 g/mol. The van der Waals surface area contributed by atoms with Crippen molar-refractivity contribution in [2.45, 2.75) is 13.3 Å². The van der Waals surface area contributed by atoms with Crippen molar-refractivity contribution in [1.82, 2.24) is 10.2 Å². The Labute approximate surface area is 217 Å². The summed E-state index contributed by atoms with van der Waals surface area (Å²) in [5.41, 5.74) is 4.80. The molecular formula is C29H30N4O2S. The number of carbonyl (C=O) groups is 2. The number of aryl methyl sites for hydroxylation is 1. The lowest BCUT2D eigenvalue weighted by atomic mass is 10.1. The first-order chi connectivity index (χ1) is 17.5. The Bertz CT molecular complexity index is 1220. The van der Waals surface area contributed by atoms with Crippen molar-refractivity contribution >= 4 is 46.6 Å². The minimum absolute atomic E-state index is 0.0889. The maximum Gasteiger partial charge on any atom is 0.253 e. The normalized spacial score (nSPS) is 13.5. The Morgan fingerprint density at radius 1 is 0.889 bits per heavy atom. The number of nitrogens with one attached hydrogen (secondary N) is 2.